The first-order valence-corrected chi connectivity index (χ1v) is 11.5. The molecule has 3 aromatic carbocycles. The van der Waals surface area contributed by atoms with Crippen LogP contribution in [0.3, 0.4) is 0 Å². The first kappa shape index (κ1) is 21.9. The van der Waals surface area contributed by atoms with Crippen molar-refractivity contribution in [2.75, 3.05) is 13.1 Å². The molecule has 1 aliphatic heterocycles. The van der Waals surface area contributed by atoms with Crippen LogP contribution in [-0.4, -0.2) is 34.0 Å². The van der Waals surface area contributed by atoms with Gasteiger partial charge in [-0.05, 0) is 47.5 Å². The first-order chi connectivity index (χ1) is 16.6. The molecule has 0 saturated carbocycles. The van der Waals surface area contributed by atoms with Gasteiger partial charge in [0.2, 0.25) is 0 Å². The monoisotopic (exact) mass is 450 g/mol. The van der Waals surface area contributed by atoms with E-state index in [9.17, 15) is 9.90 Å². The van der Waals surface area contributed by atoms with Gasteiger partial charge in [0.05, 0.1) is 16.8 Å². The molecule has 0 unspecified atom stereocenters. The van der Waals surface area contributed by atoms with E-state index in [0.717, 1.165) is 46.8 Å². The summed E-state index contributed by atoms with van der Waals surface area (Å²) in [6.07, 6.45) is 2.11. The summed E-state index contributed by atoms with van der Waals surface area (Å²) in [5.74, 6) is -0.102. The Bertz CT molecular complexity index is 1360. The molecule has 0 aliphatic carbocycles. The van der Waals surface area contributed by atoms with Crippen molar-refractivity contribution in [1.29, 1.82) is 0 Å². The number of likely N-dealkylation sites (N-methyl/N-ethyl adjacent to an activating group) is 1. The molecule has 2 heterocycles. The number of pyridine rings is 1. The summed E-state index contributed by atoms with van der Waals surface area (Å²) in [7, 11) is 0. The zero-order chi connectivity index (χ0) is 23.5. The van der Waals surface area contributed by atoms with Crippen LogP contribution in [-0.2, 0) is 13.2 Å². The lowest BCUT2D eigenvalue weighted by Crippen LogP contribution is -2.31. The highest BCUT2D eigenvalue weighted by atomic mass is 16.5. The number of aromatic nitrogens is 1. The number of aromatic carboxylic acids is 1. The van der Waals surface area contributed by atoms with Gasteiger partial charge in [0.15, 0.2) is 0 Å². The van der Waals surface area contributed by atoms with Crippen molar-refractivity contribution in [2.45, 2.75) is 20.1 Å². The molecule has 34 heavy (non-hydrogen) atoms. The van der Waals surface area contributed by atoms with E-state index in [-0.39, 0.29) is 0 Å². The zero-order valence-corrected chi connectivity index (χ0v) is 19.1. The number of nitrogens with zero attached hydrogens (tertiary/aromatic N) is 2. The van der Waals surface area contributed by atoms with Crippen LogP contribution in [0.15, 0.2) is 78.9 Å². The molecule has 0 fully saturated rings. The van der Waals surface area contributed by atoms with Gasteiger partial charge in [-0.15, -0.1) is 0 Å². The number of carbonyl (C=O) groups is 1. The van der Waals surface area contributed by atoms with Crippen LogP contribution < -0.4 is 4.74 Å². The second-order valence-corrected chi connectivity index (χ2v) is 8.45. The first-order valence-electron chi connectivity index (χ1n) is 11.5. The van der Waals surface area contributed by atoms with Crippen molar-refractivity contribution in [3.63, 3.8) is 0 Å². The molecule has 5 nitrogen and oxygen atoms in total. The number of fused-ring (bicyclic) bond motifs is 2. The van der Waals surface area contributed by atoms with Crippen molar-refractivity contribution in [2.24, 2.45) is 0 Å². The molecular formula is C29H26N2O3. The summed E-state index contributed by atoms with van der Waals surface area (Å²) in [6.45, 7) is 4.75. The zero-order valence-electron chi connectivity index (χ0n) is 19.1. The van der Waals surface area contributed by atoms with E-state index in [1.807, 2.05) is 78.9 Å². The summed E-state index contributed by atoms with van der Waals surface area (Å²) in [6, 6.07) is 25.5. The fraction of sp³-hybridized carbons (Fsp3) is 0.172. The van der Waals surface area contributed by atoms with Crippen LogP contribution >= 0.6 is 0 Å². The lowest BCUT2D eigenvalue weighted by Gasteiger charge is -2.30. The van der Waals surface area contributed by atoms with Crippen molar-refractivity contribution in [3.05, 3.63) is 107 Å². The molecule has 1 aliphatic rings. The maximum atomic E-state index is 12.3. The minimum absolute atomic E-state index is 0.356. The molecule has 0 radical (unpaired) electrons. The Morgan fingerprint density at radius 2 is 1.74 bits per heavy atom. The smallest absolute Gasteiger partial charge is 0.336 e. The lowest BCUT2D eigenvalue weighted by atomic mass is 9.92. The van der Waals surface area contributed by atoms with Crippen LogP contribution in [0, 0.1) is 0 Å². The number of hydrogen-bond donors (Lipinski definition) is 1. The molecule has 1 N–H and O–H groups in total. The molecule has 0 bridgehead atoms. The number of hydrogen-bond acceptors (Lipinski definition) is 4. The Kier molecular flexibility index (Phi) is 6.11. The Morgan fingerprint density at radius 3 is 2.47 bits per heavy atom. The third kappa shape index (κ3) is 4.43. The van der Waals surface area contributed by atoms with Gasteiger partial charge >= 0.3 is 5.97 Å². The predicted octanol–water partition coefficient (Wildman–Crippen LogP) is 5.89. The predicted molar refractivity (Wildman–Crippen MR) is 135 cm³/mol. The van der Waals surface area contributed by atoms with Crippen LogP contribution in [0.4, 0.5) is 0 Å². The maximum Gasteiger partial charge on any atom is 0.336 e. The summed E-state index contributed by atoms with van der Waals surface area (Å²) < 4.78 is 5.91. The number of carboxylic acid groups (broad SMARTS) is 1. The van der Waals surface area contributed by atoms with Gasteiger partial charge in [0.25, 0.3) is 0 Å². The van der Waals surface area contributed by atoms with Crippen LogP contribution in [0.2, 0.25) is 0 Å². The van der Waals surface area contributed by atoms with Gasteiger partial charge in [-0.3, -0.25) is 4.90 Å². The number of benzene rings is 3. The van der Waals surface area contributed by atoms with Gasteiger partial charge < -0.3 is 9.84 Å². The van der Waals surface area contributed by atoms with Crippen molar-refractivity contribution < 1.29 is 14.6 Å². The molecule has 5 heteroatoms. The Balaban J connectivity index is 1.49. The number of rotatable bonds is 6. The Morgan fingerprint density at radius 1 is 1.00 bits per heavy atom. The minimum atomic E-state index is -0.910. The topological polar surface area (TPSA) is 62.7 Å². The molecule has 0 spiro atoms. The molecule has 5 rings (SSSR count). The number of para-hydroxylation sites is 1. The summed E-state index contributed by atoms with van der Waals surface area (Å²) in [4.78, 5) is 19.4. The van der Waals surface area contributed by atoms with Gasteiger partial charge in [-0.1, -0.05) is 67.6 Å². The molecule has 4 aromatic rings. The maximum absolute atomic E-state index is 12.3. The van der Waals surface area contributed by atoms with E-state index in [4.69, 9.17) is 9.72 Å². The molecule has 170 valence electrons. The Hall–Kier alpha value is -3.96. The highest BCUT2D eigenvalue weighted by molar-refractivity contribution is 6.06. The van der Waals surface area contributed by atoms with E-state index in [2.05, 4.69) is 17.9 Å². The Labute approximate surface area is 199 Å². The van der Waals surface area contributed by atoms with E-state index in [1.165, 1.54) is 0 Å². The summed E-state index contributed by atoms with van der Waals surface area (Å²) in [5, 5.41) is 10.7. The lowest BCUT2D eigenvalue weighted by molar-refractivity contribution is 0.0696. The fourth-order valence-electron chi connectivity index (χ4n) is 4.45. The second kappa shape index (κ2) is 9.49. The van der Waals surface area contributed by atoms with E-state index >= 15 is 0 Å². The largest absolute Gasteiger partial charge is 0.489 e. The van der Waals surface area contributed by atoms with E-state index in [0.29, 0.717) is 29.6 Å². The quantitative estimate of drug-likeness (QED) is 0.397. The van der Waals surface area contributed by atoms with E-state index in [1.54, 1.807) is 0 Å². The fourth-order valence-corrected chi connectivity index (χ4v) is 4.45. The summed E-state index contributed by atoms with van der Waals surface area (Å²) in [5.41, 5.74) is 5.80. The van der Waals surface area contributed by atoms with Crippen LogP contribution in [0.5, 0.6) is 5.75 Å². The SMILES string of the molecule is CCN1C/C(=C/c2ccc(OCc3ccccc3)cc2)c2nc3ccccc3c(C(=O)O)c2C1. The molecule has 0 saturated heterocycles. The van der Waals surface area contributed by atoms with Crippen molar-refractivity contribution in [1.82, 2.24) is 9.88 Å². The normalized spacial score (nSPS) is 14.8. The van der Waals surface area contributed by atoms with Gasteiger partial charge in [-0.2, -0.15) is 0 Å². The van der Waals surface area contributed by atoms with Gasteiger partial charge in [-0.25, -0.2) is 9.78 Å². The van der Waals surface area contributed by atoms with Crippen LogP contribution in [0.25, 0.3) is 22.6 Å². The van der Waals surface area contributed by atoms with Gasteiger partial charge in [0, 0.05) is 24.0 Å². The van der Waals surface area contributed by atoms with E-state index < -0.39 is 5.97 Å². The molecule has 0 amide bonds. The molecule has 1 aromatic heterocycles. The standard InChI is InChI=1S/C29H26N2O3/c1-2-31-17-22(16-20-12-14-23(15-13-20)34-19-21-8-4-3-5-9-21)28-25(18-31)27(29(32)33)24-10-6-7-11-26(24)30-28/h3-16H,2,17-19H2,1H3,(H,32,33)/b22-16-. The third-order valence-electron chi connectivity index (χ3n) is 6.20. The second-order valence-electron chi connectivity index (χ2n) is 8.45. The average molecular weight is 451 g/mol. The van der Waals surface area contributed by atoms with Gasteiger partial charge in [0.1, 0.15) is 12.4 Å². The number of ether oxygens (including phenoxy) is 1. The van der Waals surface area contributed by atoms with Crippen molar-refractivity contribution in [3.8, 4) is 5.75 Å². The van der Waals surface area contributed by atoms with Crippen LogP contribution in [0.1, 0.15) is 39.7 Å². The average Bonchev–Trinajstić information content (AvgIpc) is 2.87. The van der Waals surface area contributed by atoms with Crippen molar-refractivity contribution >= 4 is 28.5 Å². The number of carboxylic acids is 1. The minimum Gasteiger partial charge on any atom is -0.489 e. The molecule has 0 atom stereocenters. The molecular weight excluding hydrogens is 424 g/mol. The highest BCUT2D eigenvalue weighted by Crippen LogP contribution is 2.34. The highest BCUT2D eigenvalue weighted by Gasteiger charge is 2.27. The summed E-state index contributed by atoms with van der Waals surface area (Å²) >= 11 is 0. The third-order valence-corrected chi connectivity index (χ3v) is 6.20.